The fourth-order valence-corrected chi connectivity index (χ4v) is 3.21. The summed E-state index contributed by atoms with van der Waals surface area (Å²) in [6.45, 7) is 3.69. The minimum absolute atomic E-state index is 0.0505. The molecule has 0 heterocycles. The lowest BCUT2D eigenvalue weighted by molar-refractivity contribution is 0.135. The number of methoxy groups -OCH3 is 1. The van der Waals surface area contributed by atoms with E-state index in [1.807, 2.05) is 6.92 Å². The van der Waals surface area contributed by atoms with Gasteiger partial charge in [-0.05, 0) is 38.1 Å². The van der Waals surface area contributed by atoms with Crippen LogP contribution >= 0.6 is 0 Å². The molecule has 1 unspecified atom stereocenters. The molecule has 2 aromatic carbocycles. The third-order valence-electron chi connectivity index (χ3n) is 3.99. The first-order chi connectivity index (χ1) is 12.7. The molecule has 8 heteroatoms. The summed E-state index contributed by atoms with van der Waals surface area (Å²) in [6.07, 6.45) is 0.417. The SMILES string of the molecule is CCOC(=O)[N+](C)(/C=N/S(=O)(=O)c1ccc(C)cc1)c1ccc(OC)cc1. The Balaban J connectivity index is 2.45. The number of rotatable bonds is 6. The number of nitrogens with zero attached hydrogens (tertiary/aromatic N) is 2. The first-order valence-corrected chi connectivity index (χ1v) is 9.73. The van der Waals surface area contributed by atoms with Crippen LogP contribution in [-0.2, 0) is 14.8 Å². The number of sulfonamides is 1. The highest BCUT2D eigenvalue weighted by atomic mass is 32.2. The lowest BCUT2D eigenvalue weighted by atomic mass is 10.2. The average molecular weight is 391 g/mol. The number of quaternary nitrogens is 1. The van der Waals surface area contributed by atoms with Crippen molar-refractivity contribution in [2.24, 2.45) is 4.40 Å². The van der Waals surface area contributed by atoms with Crippen molar-refractivity contribution >= 4 is 28.1 Å². The van der Waals surface area contributed by atoms with Crippen LogP contribution < -0.4 is 9.22 Å². The van der Waals surface area contributed by atoms with Crippen LogP contribution in [0.2, 0.25) is 0 Å². The molecule has 7 nitrogen and oxygen atoms in total. The minimum atomic E-state index is -3.96. The topological polar surface area (TPSA) is 82.0 Å². The Morgan fingerprint density at radius 2 is 1.70 bits per heavy atom. The molecule has 0 N–H and O–H groups in total. The molecule has 144 valence electrons. The van der Waals surface area contributed by atoms with Gasteiger partial charge in [0.05, 0.1) is 25.7 Å². The molecule has 0 spiro atoms. The number of carbonyl (C=O) groups is 1. The van der Waals surface area contributed by atoms with E-state index < -0.39 is 20.6 Å². The number of hydrogen-bond acceptors (Lipinski definition) is 5. The Morgan fingerprint density at radius 3 is 2.22 bits per heavy atom. The molecule has 1 atom stereocenters. The largest absolute Gasteiger partial charge is 0.527 e. The average Bonchev–Trinajstić information content (AvgIpc) is 2.67. The lowest BCUT2D eigenvalue weighted by Crippen LogP contribution is -2.50. The van der Waals surface area contributed by atoms with Crippen LogP contribution in [0.5, 0.6) is 5.75 Å². The molecule has 0 radical (unpaired) electrons. The maximum Gasteiger partial charge on any atom is 0.527 e. The van der Waals surface area contributed by atoms with Crippen molar-refractivity contribution in [3.63, 3.8) is 0 Å². The number of benzene rings is 2. The molecule has 27 heavy (non-hydrogen) atoms. The second kappa shape index (κ2) is 8.32. The van der Waals surface area contributed by atoms with Crippen LogP contribution in [0.15, 0.2) is 57.8 Å². The van der Waals surface area contributed by atoms with Crippen molar-refractivity contribution in [2.45, 2.75) is 18.7 Å². The molecular weight excluding hydrogens is 368 g/mol. The van der Waals surface area contributed by atoms with Crippen LogP contribution in [0.3, 0.4) is 0 Å². The number of carbonyl (C=O) groups excluding carboxylic acids is 1. The van der Waals surface area contributed by atoms with Gasteiger partial charge >= 0.3 is 6.09 Å². The first-order valence-electron chi connectivity index (χ1n) is 8.29. The predicted molar refractivity (Wildman–Crippen MR) is 105 cm³/mol. The Hall–Kier alpha value is -2.71. The molecule has 0 aliphatic rings. The molecule has 0 aliphatic carbocycles. The zero-order valence-corrected chi connectivity index (χ0v) is 16.6. The molecule has 0 aromatic heterocycles. The summed E-state index contributed by atoms with van der Waals surface area (Å²) in [5.41, 5.74) is 1.42. The fourth-order valence-electron chi connectivity index (χ4n) is 2.30. The second-order valence-corrected chi connectivity index (χ2v) is 7.61. The molecule has 0 aliphatic heterocycles. The van der Waals surface area contributed by atoms with Crippen LogP contribution in [0.4, 0.5) is 10.5 Å². The van der Waals surface area contributed by atoms with E-state index in [1.165, 1.54) is 26.3 Å². The van der Waals surface area contributed by atoms with Crippen LogP contribution in [-0.4, -0.2) is 41.6 Å². The van der Waals surface area contributed by atoms with E-state index in [0.29, 0.717) is 11.4 Å². The van der Waals surface area contributed by atoms with E-state index >= 15 is 0 Å². The molecule has 0 bridgehead atoms. The molecule has 2 rings (SSSR count). The van der Waals surface area contributed by atoms with Crippen molar-refractivity contribution < 1.29 is 22.7 Å². The van der Waals surface area contributed by atoms with Crippen molar-refractivity contribution in [1.82, 2.24) is 4.48 Å². The van der Waals surface area contributed by atoms with E-state index in [2.05, 4.69) is 4.40 Å². The number of hydrogen-bond donors (Lipinski definition) is 0. The number of aryl methyl sites for hydroxylation is 1. The van der Waals surface area contributed by atoms with E-state index in [9.17, 15) is 13.2 Å². The molecule has 0 fully saturated rings. The van der Waals surface area contributed by atoms with Gasteiger partial charge in [0.15, 0.2) is 0 Å². The Bertz CT molecular complexity index is 922. The maximum atomic E-state index is 12.6. The Labute approximate surface area is 159 Å². The van der Waals surface area contributed by atoms with Crippen LogP contribution in [0, 0.1) is 6.92 Å². The molecule has 0 saturated heterocycles. The maximum absolute atomic E-state index is 12.6. The van der Waals surface area contributed by atoms with Gasteiger partial charge in [-0.2, -0.15) is 13.2 Å². The highest BCUT2D eigenvalue weighted by Crippen LogP contribution is 2.25. The van der Waals surface area contributed by atoms with Gasteiger partial charge in [-0.3, -0.25) is 0 Å². The Kier molecular flexibility index (Phi) is 6.35. The zero-order valence-electron chi connectivity index (χ0n) is 15.7. The van der Waals surface area contributed by atoms with Gasteiger partial charge in [-0.25, -0.2) is 0 Å². The van der Waals surface area contributed by atoms with Gasteiger partial charge in [0.2, 0.25) is 6.34 Å². The van der Waals surface area contributed by atoms with Crippen molar-refractivity contribution in [3.05, 3.63) is 54.1 Å². The van der Waals surface area contributed by atoms with Crippen LogP contribution in [0.1, 0.15) is 12.5 Å². The third-order valence-corrected chi connectivity index (χ3v) is 5.23. The van der Waals surface area contributed by atoms with Gasteiger partial charge in [-0.15, -0.1) is 8.88 Å². The molecule has 1 amide bonds. The van der Waals surface area contributed by atoms with E-state index in [0.717, 1.165) is 11.9 Å². The summed E-state index contributed by atoms with van der Waals surface area (Å²) in [5.74, 6) is 0.610. The lowest BCUT2D eigenvalue weighted by Gasteiger charge is -2.24. The molecule has 2 aromatic rings. The summed E-state index contributed by atoms with van der Waals surface area (Å²) in [4.78, 5) is 12.6. The fraction of sp³-hybridized carbons (Fsp3) is 0.263. The summed E-state index contributed by atoms with van der Waals surface area (Å²) in [5, 5.41) is 0. The standard InChI is InChI=1S/C19H23N2O5S/c1-5-26-19(22)21(3,16-8-10-17(25-4)11-9-16)14-20-27(23,24)18-12-6-15(2)7-13-18/h6-14H,5H2,1-4H3/q+1/b20-14+. The summed E-state index contributed by atoms with van der Waals surface area (Å²) in [6, 6.07) is 13.0. The third kappa shape index (κ3) is 4.72. The monoisotopic (exact) mass is 391 g/mol. The van der Waals surface area contributed by atoms with Crippen molar-refractivity contribution in [1.29, 1.82) is 0 Å². The highest BCUT2D eigenvalue weighted by molar-refractivity contribution is 7.90. The number of ether oxygens (including phenoxy) is 2. The number of amides is 1. The summed E-state index contributed by atoms with van der Waals surface area (Å²) >= 11 is 0. The van der Waals surface area contributed by atoms with Crippen molar-refractivity contribution in [2.75, 3.05) is 20.8 Å². The van der Waals surface area contributed by atoms with E-state index in [-0.39, 0.29) is 11.5 Å². The summed E-state index contributed by atoms with van der Waals surface area (Å²) < 4.78 is 38.5. The summed E-state index contributed by atoms with van der Waals surface area (Å²) in [7, 11) is -0.919. The van der Waals surface area contributed by atoms with Gasteiger partial charge in [-0.1, -0.05) is 17.7 Å². The van der Waals surface area contributed by atoms with Crippen molar-refractivity contribution in [3.8, 4) is 5.75 Å². The predicted octanol–water partition coefficient (Wildman–Crippen LogP) is 3.51. The quantitative estimate of drug-likeness (QED) is 0.427. The van der Waals surface area contributed by atoms with Gasteiger partial charge in [0, 0.05) is 12.1 Å². The molecule has 0 saturated carbocycles. The Morgan fingerprint density at radius 1 is 1.11 bits per heavy atom. The normalized spacial score (nSPS) is 13.9. The van der Waals surface area contributed by atoms with E-state index in [4.69, 9.17) is 9.47 Å². The second-order valence-electron chi connectivity index (χ2n) is 5.98. The smallest absolute Gasteiger partial charge is 0.497 e. The first kappa shape index (κ1) is 20.6. The van der Waals surface area contributed by atoms with Gasteiger partial charge in [0.25, 0.3) is 10.0 Å². The van der Waals surface area contributed by atoms with Gasteiger partial charge < -0.3 is 9.47 Å². The van der Waals surface area contributed by atoms with Crippen LogP contribution in [0.25, 0.3) is 0 Å². The van der Waals surface area contributed by atoms with E-state index in [1.54, 1.807) is 43.3 Å². The highest BCUT2D eigenvalue weighted by Gasteiger charge is 2.36. The molecular formula is C19H23N2O5S+. The minimum Gasteiger partial charge on any atom is -0.497 e. The van der Waals surface area contributed by atoms with Gasteiger partial charge in [0.1, 0.15) is 11.4 Å². The zero-order chi connectivity index (χ0) is 20.1.